The molecule has 2 fully saturated rings. The molecule has 258 valence electrons. The summed E-state index contributed by atoms with van der Waals surface area (Å²) in [7, 11) is 0. The Morgan fingerprint density at radius 1 is 0.833 bits per heavy atom. The zero-order chi connectivity index (χ0) is 35.6. The highest BCUT2D eigenvalue weighted by Gasteiger charge is 2.46. The van der Waals surface area contributed by atoms with Crippen LogP contribution in [0.25, 0.3) is 0 Å². The van der Waals surface area contributed by atoms with Gasteiger partial charge in [0.05, 0.1) is 29.0 Å². The molecule has 1 saturated heterocycles. The van der Waals surface area contributed by atoms with E-state index < -0.39 is 24.3 Å². The van der Waals surface area contributed by atoms with Crippen LogP contribution in [0, 0.1) is 0 Å². The van der Waals surface area contributed by atoms with Gasteiger partial charge < -0.3 is 35.8 Å². The van der Waals surface area contributed by atoms with E-state index in [4.69, 9.17) is 30.3 Å². The molecule has 1 aliphatic carbocycles. The summed E-state index contributed by atoms with van der Waals surface area (Å²) in [4.78, 5) is 51.7. The molecule has 2 aromatic carbocycles. The number of piperazine rings is 1. The summed E-state index contributed by atoms with van der Waals surface area (Å²) in [6, 6.07) is 20.8. The third-order valence-corrected chi connectivity index (χ3v) is 7.02. The van der Waals surface area contributed by atoms with Crippen molar-refractivity contribution in [3.05, 3.63) is 84.1 Å². The normalized spacial score (nSPS) is 16.8. The molecule has 3 aromatic rings. The van der Waals surface area contributed by atoms with Crippen molar-refractivity contribution in [1.82, 2.24) is 9.88 Å². The average Bonchev–Trinajstić information content (AvgIpc) is 3.01. The smallest absolute Gasteiger partial charge is 0.475 e. The molecule has 1 aromatic heterocycles. The minimum Gasteiger partial charge on any atom is -0.475 e. The van der Waals surface area contributed by atoms with Gasteiger partial charge in [0, 0.05) is 19.3 Å². The Bertz CT molecular complexity index is 1550. The van der Waals surface area contributed by atoms with Crippen LogP contribution in [0.2, 0.25) is 0 Å². The minimum absolute atomic E-state index is 0.114. The highest BCUT2D eigenvalue weighted by Crippen LogP contribution is 2.36. The van der Waals surface area contributed by atoms with Crippen molar-refractivity contribution in [1.29, 1.82) is 0 Å². The molecule has 2 aliphatic rings. The Morgan fingerprint density at radius 2 is 1.40 bits per heavy atom. The average molecular weight is 686 g/mol. The van der Waals surface area contributed by atoms with E-state index in [1.165, 1.54) is 0 Å². The van der Waals surface area contributed by atoms with Gasteiger partial charge in [0.25, 0.3) is 5.91 Å². The molecule has 1 saturated carbocycles. The predicted molar refractivity (Wildman–Crippen MR) is 158 cm³/mol. The highest BCUT2D eigenvalue weighted by atomic mass is 19.4. The molecule has 0 bridgehead atoms. The highest BCUT2D eigenvalue weighted by molar-refractivity contribution is 6.05. The lowest BCUT2D eigenvalue weighted by molar-refractivity contribution is -0.193. The molecule has 48 heavy (non-hydrogen) atoms. The fourth-order valence-corrected chi connectivity index (χ4v) is 4.55. The number of ether oxygens (including phenoxy) is 1. The summed E-state index contributed by atoms with van der Waals surface area (Å²) in [6.07, 6.45) is -6.92. The number of pyridine rings is 1. The number of carbonyl (C=O) groups excluding carboxylic acids is 2. The maximum Gasteiger partial charge on any atom is 0.490 e. The van der Waals surface area contributed by atoms with Crippen molar-refractivity contribution < 1.29 is 60.5 Å². The SMILES string of the molecule is Nc1ccccc1NC(=O)c1ccc(N2CCN(C(=O)OCc3ccccc3)C3CCC32)nc1.O=C(O)C(F)(F)F.O=C(O)C(F)(F)F. The summed E-state index contributed by atoms with van der Waals surface area (Å²) < 4.78 is 69.0. The van der Waals surface area contributed by atoms with Crippen LogP contribution >= 0.6 is 0 Å². The maximum absolute atomic E-state index is 12.7. The van der Waals surface area contributed by atoms with E-state index >= 15 is 0 Å². The zero-order valence-electron chi connectivity index (χ0n) is 24.7. The van der Waals surface area contributed by atoms with Crippen LogP contribution < -0.4 is 16.0 Å². The topological polar surface area (TPSA) is 175 Å². The van der Waals surface area contributed by atoms with Gasteiger partial charge in [0.15, 0.2) is 0 Å². The van der Waals surface area contributed by atoms with Crippen LogP contribution in [0.15, 0.2) is 72.9 Å². The lowest BCUT2D eigenvalue weighted by Crippen LogP contribution is -2.66. The fourth-order valence-electron chi connectivity index (χ4n) is 4.55. The molecule has 0 spiro atoms. The van der Waals surface area contributed by atoms with E-state index in [1.54, 1.807) is 24.4 Å². The van der Waals surface area contributed by atoms with Gasteiger partial charge in [-0.3, -0.25) is 4.79 Å². The number of nitrogens with zero attached hydrogens (tertiary/aromatic N) is 3. The number of carbonyl (C=O) groups is 4. The van der Waals surface area contributed by atoms with Crippen molar-refractivity contribution >= 4 is 41.1 Å². The molecular formula is C30H29F6N5O7. The number of amides is 2. The van der Waals surface area contributed by atoms with E-state index in [9.17, 15) is 35.9 Å². The van der Waals surface area contributed by atoms with Gasteiger partial charge in [-0.1, -0.05) is 42.5 Å². The number of benzene rings is 2. The number of rotatable bonds is 5. The largest absolute Gasteiger partial charge is 0.490 e. The molecule has 2 heterocycles. The van der Waals surface area contributed by atoms with Crippen LogP contribution in [-0.4, -0.2) is 81.6 Å². The number of para-hydroxylation sites is 2. The Balaban J connectivity index is 0.000000376. The molecule has 12 nitrogen and oxygen atoms in total. The number of hydrogen-bond acceptors (Lipinski definition) is 8. The van der Waals surface area contributed by atoms with E-state index in [0.29, 0.717) is 30.0 Å². The predicted octanol–water partition coefficient (Wildman–Crippen LogP) is 5.17. The lowest BCUT2D eigenvalue weighted by Gasteiger charge is -2.53. The van der Waals surface area contributed by atoms with Gasteiger partial charge in [-0.2, -0.15) is 26.3 Å². The number of nitrogens with one attached hydrogen (secondary N) is 1. The number of anilines is 3. The number of aliphatic carboxylic acids is 2. The van der Waals surface area contributed by atoms with Crippen LogP contribution in [-0.2, 0) is 20.9 Å². The molecule has 2 amide bonds. The lowest BCUT2D eigenvalue weighted by atomic mass is 9.82. The quantitative estimate of drug-likeness (QED) is 0.207. The van der Waals surface area contributed by atoms with Crippen LogP contribution in [0.5, 0.6) is 0 Å². The van der Waals surface area contributed by atoms with Gasteiger partial charge >= 0.3 is 30.4 Å². The first-order valence-corrected chi connectivity index (χ1v) is 13.9. The van der Waals surface area contributed by atoms with Gasteiger partial charge in [-0.25, -0.2) is 19.4 Å². The second-order valence-corrected chi connectivity index (χ2v) is 10.2. The molecule has 2 atom stereocenters. The Morgan fingerprint density at radius 3 is 1.90 bits per heavy atom. The zero-order valence-corrected chi connectivity index (χ0v) is 24.7. The summed E-state index contributed by atoms with van der Waals surface area (Å²) in [5.41, 5.74) is 8.43. The monoisotopic (exact) mass is 685 g/mol. The Hall–Kier alpha value is -5.55. The Labute approximate surface area is 268 Å². The van der Waals surface area contributed by atoms with Crippen molar-refractivity contribution in [2.75, 3.05) is 29.0 Å². The van der Waals surface area contributed by atoms with Gasteiger partial charge in [-0.15, -0.1) is 0 Å². The number of nitrogen functional groups attached to an aromatic ring is 1. The first-order valence-electron chi connectivity index (χ1n) is 13.9. The van der Waals surface area contributed by atoms with Crippen LogP contribution in [0.4, 0.5) is 48.3 Å². The second-order valence-electron chi connectivity index (χ2n) is 10.2. The fraction of sp³-hybridized carbons (Fsp3) is 0.300. The third kappa shape index (κ3) is 10.2. The van der Waals surface area contributed by atoms with Crippen molar-refractivity contribution in [3.8, 4) is 0 Å². The number of carboxylic acids is 2. The summed E-state index contributed by atoms with van der Waals surface area (Å²) in [6.45, 7) is 1.52. The van der Waals surface area contributed by atoms with E-state index in [-0.39, 0.29) is 30.7 Å². The van der Waals surface area contributed by atoms with E-state index in [1.807, 2.05) is 53.4 Å². The number of aromatic nitrogens is 1. The first-order chi connectivity index (χ1) is 22.5. The number of hydrogen-bond donors (Lipinski definition) is 4. The number of halogens is 6. The number of carboxylic acid groups (broad SMARTS) is 2. The van der Waals surface area contributed by atoms with Crippen LogP contribution in [0.3, 0.4) is 0 Å². The van der Waals surface area contributed by atoms with Crippen molar-refractivity contribution in [2.24, 2.45) is 0 Å². The standard InChI is InChI=1S/C26H27N5O3.2C2HF3O2/c27-20-8-4-5-9-21(20)29-25(32)19-10-13-24(28-16-19)30-14-15-31(23-12-11-22(23)30)26(33)34-17-18-6-2-1-3-7-18;2*3-2(4,5)1(6)7/h1-10,13,16,22-23H,11-12,14-15,17,27H2,(H,29,32);2*(H,6,7). The molecular weight excluding hydrogens is 656 g/mol. The molecule has 2 unspecified atom stereocenters. The number of fused-ring (bicyclic) bond motifs is 1. The molecule has 18 heteroatoms. The second kappa shape index (κ2) is 15.8. The summed E-state index contributed by atoms with van der Waals surface area (Å²) >= 11 is 0. The van der Waals surface area contributed by atoms with Gasteiger partial charge in [0.1, 0.15) is 12.4 Å². The molecule has 5 rings (SSSR count). The Kier molecular flexibility index (Phi) is 12.2. The van der Waals surface area contributed by atoms with E-state index in [2.05, 4.69) is 15.2 Å². The minimum atomic E-state index is -5.08. The maximum atomic E-state index is 12.7. The summed E-state index contributed by atoms with van der Waals surface area (Å²) in [5.74, 6) is -4.97. The first kappa shape index (κ1) is 36.9. The van der Waals surface area contributed by atoms with Gasteiger partial charge in [-0.05, 0) is 42.7 Å². The number of nitrogens with two attached hydrogens (primary N) is 1. The molecule has 1 aliphatic heterocycles. The van der Waals surface area contributed by atoms with Crippen LogP contribution in [0.1, 0.15) is 28.8 Å². The third-order valence-electron chi connectivity index (χ3n) is 7.02. The molecule has 5 N–H and O–H groups in total. The molecule has 0 radical (unpaired) electrons. The van der Waals surface area contributed by atoms with Gasteiger partial charge in [0.2, 0.25) is 0 Å². The number of alkyl halides is 6. The van der Waals surface area contributed by atoms with Crippen molar-refractivity contribution in [3.63, 3.8) is 0 Å². The van der Waals surface area contributed by atoms with E-state index in [0.717, 1.165) is 24.2 Å². The summed E-state index contributed by atoms with van der Waals surface area (Å²) in [5, 5.41) is 17.1. The van der Waals surface area contributed by atoms with Crippen molar-refractivity contribution in [2.45, 2.75) is 43.9 Å².